The molecule has 0 saturated carbocycles. The van der Waals surface area contributed by atoms with Gasteiger partial charge in [0.2, 0.25) is 5.91 Å². The van der Waals surface area contributed by atoms with Crippen LogP contribution in [0.5, 0.6) is 0 Å². The molecule has 0 spiro atoms. The predicted molar refractivity (Wildman–Crippen MR) is 112 cm³/mol. The van der Waals surface area contributed by atoms with Gasteiger partial charge in [-0.25, -0.2) is 13.8 Å². The summed E-state index contributed by atoms with van der Waals surface area (Å²) in [6, 6.07) is 7.04. The van der Waals surface area contributed by atoms with Crippen LogP contribution in [0, 0.1) is 17.6 Å². The number of anilines is 1. The second-order valence-electron chi connectivity index (χ2n) is 7.65. The Hall–Kier alpha value is -3.62. The lowest BCUT2D eigenvalue weighted by Crippen LogP contribution is -2.29. The third kappa shape index (κ3) is 4.45. The zero-order chi connectivity index (χ0) is 22.0. The molecule has 160 valence electrons. The molecule has 1 aromatic carbocycles. The molecular formula is C22H22F2N6O. The van der Waals surface area contributed by atoms with Crippen LogP contribution in [-0.4, -0.2) is 30.2 Å². The number of carbonyl (C=O) groups is 1. The first-order valence-electron chi connectivity index (χ1n) is 9.97. The van der Waals surface area contributed by atoms with Crippen LogP contribution in [0.25, 0.3) is 11.0 Å². The fourth-order valence-electron chi connectivity index (χ4n) is 3.54. The van der Waals surface area contributed by atoms with Gasteiger partial charge in [0, 0.05) is 43.3 Å². The Morgan fingerprint density at radius 1 is 1.13 bits per heavy atom. The summed E-state index contributed by atoms with van der Waals surface area (Å²) in [6.07, 6.45) is 7.51. The smallest absolute Gasteiger partial charge is 0.248 e. The van der Waals surface area contributed by atoms with Crippen LogP contribution < -0.4 is 5.32 Å². The molecule has 0 fully saturated rings. The van der Waals surface area contributed by atoms with Crippen molar-refractivity contribution in [2.24, 2.45) is 5.92 Å². The zero-order valence-electron chi connectivity index (χ0n) is 17.2. The minimum Gasteiger partial charge on any atom is -0.318 e. The highest BCUT2D eigenvalue weighted by molar-refractivity contribution is 5.94. The van der Waals surface area contributed by atoms with Gasteiger partial charge in [-0.05, 0) is 30.0 Å². The van der Waals surface area contributed by atoms with Crippen molar-refractivity contribution in [3.63, 3.8) is 0 Å². The lowest BCUT2D eigenvalue weighted by atomic mass is 10.0. The number of imidazole rings is 1. The van der Waals surface area contributed by atoms with E-state index in [1.54, 1.807) is 33.9 Å². The number of halogens is 2. The first kappa shape index (κ1) is 20.6. The maximum Gasteiger partial charge on any atom is 0.248 e. The van der Waals surface area contributed by atoms with Crippen molar-refractivity contribution < 1.29 is 13.6 Å². The molecule has 1 atom stereocenters. The quantitative estimate of drug-likeness (QED) is 0.487. The topological polar surface area (TPSA) is 77.6 Å². The average molecular weight is 424 g/mol. The molecule has 0 aliphatic carbocycles. The SMILES string of the molecule is CC(C)C(C(=O)Nc1ccn(CCc2ccncc2)n1)n1cnc2cc(F)c(F)cc21. The summed E-state index contributed by atoms with van der Waals surface area (Å²) in [6.45, 7) is 4.41. The van der Waals surface area contributed by atoms with Crippen LogP contribution in [-0.2, 0) is 17.8 Å². The molecule has 0 aliphatic heterocycles. The predicted octanol–water partition coefficient (Wildman–Crippen LogP) is 3.98. The molecule has 1 N–H and O–H groups in total. The molecule has 1 amide bonds. The summed E-state index contributed by atoms with van der Waals surface area (Å²) >= 11 is 0. The van der Waals surface area contributed by atoms with Crippen molar-refractivity contribution in [2.75, 3.05) is 5.32 Å². The van der Waals surface area contributed by atoms with Crippen LogP contribution in [0.4, 0.5) is 14.6 Å². The van der Waals surface area contributed by atoms with Crippen LogP contribution >= 0.6 is 0 Å². The maximum absolute atomic E-state index is 13.8. The van der Waals surface area contributed by atoms with Gasteiger partial charge in [0.05, 0.1) is 17.4 Å². The van der Waals surface area contributed by atoms with Crippen molar-refractivity contribution in [1.82, 2.24) is 24.3 Å². The number of carbonyl (C=O) groups excluding carboxylic acids is 1. The maximum atomic E-state index is 13.8. The van der Waals surface area contributed by atoms with Gasteiger partial charge in [-0.3, -0.25) is 14.5 Å². The monoisotopic (exact) mass is 424 g/mol. The highest BCUT2D eigenvalue weighted by Crippen LogP contribution is 2.26. The van der Waals surface area contributed by atoms with E-state index in [1.165, 1.54) is 6.33 Å². The van der Waals surface area contributed by atoms with E-state index in [9.17, 15) is 13.6 Å². The van der Waals surface area contributed by atoms with Crippen molar-refractivity contribution in [2.45, 2.75) is 32.9 Å². The Morgan fingerprint density at radius 3 is 2.61 bits per heavy atom. The molecule has 4 aromatic rings. The van der Waals surface area contributed by atoms with Gasteiger partial charge < -0.3 is 9.88 Å². The summed E-state index contributed by atoms with van der Waals surface area (Å²) in [5, 5.41) is 7.23. The summed E-state index contributed by atoms with van der Waals surface area (Å²) in [5.74, 6) is -1.96. The molecular weight excluding hydrogens is 402 g/mol. The molecule has 9 heteroatoms. The lowest BCUT2D eigenvalue weighted by molar-refractivity contribution is -0.120. The largest absolute Gasteiger partial charge is 0.318 e. The highest BCUT2D eigenvalue weighted by Gasteiger charge is 2.27. The number of benzene rings is 1. The molecule has 31 heavy (non-hydrogen) atoms. The Balaban J connectivity index is 1.50. The summed E-state index contributed by atoms with van der Waals surface area (Å²) in [7, 11) is 0. The van der Waals surface area contributed by atoms with Crippen molar-refractivity contribution in [1.29, 1.82) is 0 Å². The van der Waals surface area contributed by atoms with E-state index >= 15 is 0 Å². The molecule has 1 unspecified atom stereocenters. The molecule has 3 heterocycles. The number of nitrogens with one attached hydrogen (secondary N) is 1. The van der Waals surface area contributed by atoms with Crippen molar-refractivity contribution in [3.8, 4) is 0 Å². The van der Waals surface area contributed by atoms with Gasteiger partial charge in [-0.2, -0.15) is 5.10 Å². The number of aryl methyl sites for hydroxylation is 2. The number of aromatic nitrogens is 5. The first-order chi connectivity index (χ1) is 14.9. The minimum absolute atomic E-state index is 0.126. The molecule has 0 saturated heterocycles. The van der Waals surface area contributed by atoms with Gasteiger partial charge in [-0.1, -0.05) is 13.8 Å². The molecule has 4 rings (SSSR count). The third-order valence-corrected chi connectivity index (χ3v) is 5.09. The number of rotatable bonds is 7. The van der Waals surface area contributed by atoms with E-state index in [4.69, 9.17) is 0 Å². The van der Waals surface area contributed by atoms with E-state index in [1.807, 2.05) is 26.0 Å². The Bertz CT molecular complexity index is 1200. The van der Waals surface area contributed by atoms with Gasteiger partial charge in [0.25, 0.3) is 0 Å². The molecule has 0 bridgehead atoms. The fraction of sp³-hybridized carbons (Fsp3) is 0.273. The van der Waals surface area contributed by atoms with Gasteiger partial charge in [-0.15, -0.1) is 0 Å². The second kappa shape index (κ2) is 8.63. The molecule has 0 aliphatic rings. The second-order valence-corrected chi connectivity index (χ2v) is 7.65. The Labute approximate surface area is 177 Å². The normalized spacial score (nSPS) is 12.4. The first-order valence-corrected chi connectivity index (χ1v) is 9.97. The van der Waals surface area contributed by atoms with Crippen LogP contribution in [0.3, 0.4) is 0 Å². The van der Waals surface area contributed by atoms with Crippen LogP contribution in [0.1, 0.15) is 25.5 Å². The number of amides is 1. The van der Waals surface area contributed by atoms with E-state index in [2.05, 4.69) is 20.4 Å². The van der Waals surface area contributed by atoms with E-state index < -0.39 is 17.7 Å². The van der Waals surface area contributed by atoms with Gasteiger partial charge in [0.1, 0.15) is 6.04 Å². The van der Waals surface area contributed by atoms with Crippen molar-refractivity contribution in [3.05, 3.63) is 72.4 Å². The lowest BCUT2D eigenvalue weighted by Gasteiger charge is -2.22. The number of hydrogen-bond acceptors (Lipinski definition) is 4. The minimum atomic E-state index is -0.981. The number of nitrogens with zero attached hydrogens (tertiary/aromatic N) is 5. The zero-order valence-corrected chi connectivity index (χ0v) is 17.2. The molecule has 7 nitrogen and oxygen atoms in total. The van der Waals surface area contributed by atoms with E-state index in [0.717, 1.165) is 24.1 Å². The molecule has 0 radical (unpaired) electrons. The number of hydrogen-bond donors (Lipinski definition) is 1. The number of fused-ring (bicyclic) bond motifs is 1. The Kier molecular flexibility index (Phi) is 5.75. The molecule has 3 aromatic heterocycles. The van der Waals surface area contributed by atoms with Crippen LogP contribution in [0.15, 0.2) is 55.2 Å². The summed E-state index contributed by atoms with van der Waals surface area (Å²) in [5.41, 5.74) is 1.79. The Morgan fingerprint density at radius 2 is 1.87 bits per heavy atom. The highest BCUT2D eigenvalue weighted by atomic mass is 19.2. The standard InChI is InChI=1S/C22H22F2N6O/c1-14(2)21(30-13-26-18-11-16(23)17(24)12-19(18)30)22(31)27-20-6-10-29(28-20)9-5-15-3-7-25-8-4-15/h3-4,6-8,10-14,21H,5,9H2,1-2H3,(H,27,28,31). The summed E-state index contributed by atoms with van der Waals surface area (Å²) in [4.78, 5) is 21.2. The average Bonchev–Trinajstić information content (AvgIpc) is 3.35. The summed E-state index contributed by atoms with van der Waals surface area (Å²) < 4.78 is 30.6. The number of pyridine rings is 1. The van der Waals surface area contributed by atoms with E-state index in [0.29, 0.717) is 17.9 Å². The van der Waals surface area contributed by atoms with Gasteiger partial charge >= 0.3 is 0 Å². The third-order valence-electron chi connectivity index (χ3n) is 5.09. The fourth-order valence-corrected chi connectivity index (χ4v) is 3.54. The van der Waals surface area contributed by atoms with Crippen molar-refractivity contribution >= 4 is 22.8 Å². The van der Waals surface area contributed by atoms with Crippen LogP contribution in [0.2, 0.25) is 0 Å². The van der Waals surface area contributed by atoms with Gasteiger partial charge in [0.15, 0.2) is 17.5 Å². The van der Waals surface area contributed by atoms with E-state index in [-0.39, 0.29) is 17.3 Å².